The number of nitrogens with one attached hydrogen (secondary N) is 2. The van der Waals surface area contributed by atoms with Crippen LogP contribution in [0.15, 0.2) is 47.5 Å². The monoisotopic (exact) mass is 454 g/mol. The van der Waals surface area contributed by atoms with Crippen molar-refractivity contribution >= 4 is 28.9 Å². The van der Waals surface area contributed by atoms with E-state index < -0.39 is 0 Å². The maximum atomic E-state index is 9.06. The third-order valence-corrected chi connectivity index (χ3v) is 5.77. The van der Waals surface area contributed by atoms with Gasteiger partial charge in [0, 0.05) is 38.8 Å². The van der Waals surface area contributed by atoms with E-state index in [1.165, 1.54) is 0 Å². The Morgan fingerprint density at radius 2 is 1.84 bits per heavy atom. The molecule has 0 amide bonds. The Labute approximate surface area is 193 Å². The molecule has 2 N–H and O–H groups in total. The van der Waals surface area contributed by atoms with Crippen molar-refractivity contribution in [3.05, 3.63) is 47.5 Å². The van der Waals surface area contributed by atoms with Crippen molar-refractivity contribution in [1.29, 1.82) is 5.26 Å². The normalized spacial score (nSPS) is 16.4. The first-order chi connectivity index (χ1) is 15.7. The van der Waals surface area contributed by atoms with Gasteiger partial charge in [-0.2, -0.15) is 5.26 Å². The summed E-state index contributed by atoms with van der Waals surface area (Å²) in [5, 5.41) is 15.7. The van der Waals surface area contributed by atoms with Crippen molar-refractivity contribution in [1.82, 2.24) is 15.5 Å². The van der Waals surface area contributed by atoms with Crippen LogP contribution in [0.25, 0.3) is 0 Å². The number of piperazine rings is 1. The minimum Gasteiger partial charge on any atom is -0.486 e. The molecule has 0 radical (unpaired) electrons. The van der Waals surface area contributed by atoms with Gasteiger partial charge in [-0.1, -0.05) is 23.7 Å². The number of nitrogens with zero attached hydrogens (tertiary/aromatic N) is 4. The number of rotatable bonds is 6. The number of ether oxygens (including phenoxy) is 2. The van der Waals surface area contributed by atoms with Crippen molar-refractivity contribution < 1.29 is 9.47 Å². The van der Waals surface area contributed by atoms with Gasteiger partial charge in [-0.25, -0.2) is 4.99 Å². The lowest BCUT2D eigenvalue weighted by Crippen LogP contribution is -2.47. The molecule has 4 rings (SSSR count). The van der Waals surface area contributed by atoms with E-state index in [1.54, 1.807) is 0 Å². The first-order valence-electron chi connectivity index (χ1n) is 10.8. The number of guanidine groups is 1. The number of fused-ring (bicyclic) bond motifs is 1. The van der Waals surface area contributed by atoms with Crippen LogP contribution in [-0.4, -0.2) is 63.3 Å². The lowest BCUT2D eigenvalue weighted by atomic mass is 10.2. The summed E-state index contributed by atoms with van der Waals surface area (Å²) in [5.41, 5.74) is 1.80. The van der Waals surface area contributed by atoms with E-state index in [0.29, 0.717) is 42.9 Å². The Morgan fingerprint density at radius 3 is 2.62 bits per heavy atom. The average Bonchev–Trinajstić information content (AvgIpc) is 2.83. The second-order valence-electron chi connectivity index (χ2n) is 7.59. The largest absolute Gasteiger partial charge is 0.486 e. The fourth-order valence-electron chi connectivity index (χ4n) is 3.83. The highest BCUT2D eigenvalue weighted by atomic mass is 35.5. The molecule has 0 atom stereocenters. The van der Waals surface area contributed by atoms with Gasteiger partial charge in [0.1, 0.15) is 13.2 Å². The summed E-state index contributed by atoms with van der Waals surface area (Å²) in [7, 11) is 0. The Hall–Kier alpha value is -3.15. The third kappa shape index (κ3) is 5.75. The fraction of sp³-hybridized carbons (Fsp3) is 0.391. The summed E-state index contributed by atoms with van der Waals surface area (Å²) >= 11 is 6.33. The number of hydrogen-bond donors (Lipinski definition) is 2. The van der Waals surface area contributed by atoms with E-state index >= 15 is 0 Å². The topological polar surface area (TPSA) is 85.1 Å². The first kappa shape index (κ1) is 22.1. The van der Waals surface area contributed by atoms with E-state index in [4.69, 9.17) is 26.3 Å². The van der Waals surface area contributed by atoms with E-state index in [9.17, 15) is 0 Å². The average molecular weight is 455 g/mol. The molecule has 1 saturated heterocycles. The molecular weight excluding hydrogens is 428 g/mol. The maximum absolute atomic E-state index is 9.06. The highest BCUT2D eigenvalue weighted by Crippen LogP contribution is 2.33. The Bertz CT molecular complexity index is 985. The predicted octanol–water partition coefficient (Wildman–Crippen LogP) is 2.97. The van der Waals surface area contributed by atoms with Crippen molar-refractivity contribution in [2.24, 2.45) is 4.99 Å². The van der Waals surface area contributed by atoms with Crippen LogP contribution in [0.3, 0.4) is 0 Å². The fourth-order valence-corrected chi connectivity index (χ4v) is 4.08. The summed E-state index contributed by atoms with van der Waals surface area (Å²) in [4.78, 5) is 9.28. The number of halogens is 1. The first-order valence-corrected chi connectivity index (χ1v) is 11.2. The molecular formula is C23H27ClN6O2. The van der Waals surface area contributed by atoms with Crippen LogP contribution in [0, 0.1) is 11.5 Å². The van der Waals surface area contributed by atoms with Crippen LogP contribution in [0.5, 0.6) is 11.5 Å². The zero-order valence-corrected chi connectivity index (χ0v) is 18.6. The van der Waals surface area contributed by atoms with Gasteiger partial charge in [0.25, 0.3) is 0 Å². The molecule has 168 valence electrons. The highest BCUT2D eigenvalue weighted by Gasteiger charge is 2.18. The molecule has 0 unspecified atom stereocenters. The number of anilines is 1. The Kier molecular flexibility index (Phi) is 7.54. The van der Waals surface area contributed by atoms with Crippen molar-refractivity contribution in [2.75, 3.05) is 57.4 Å². The summed E-state index contributed by atoms with van der Waals surface area (Å²) in [6, 6.07) is 13.5. The SMILES string of the molecule is N#CNC(=Nc1ccc2c(c1)OCCO2)NCCCN1CCN(c2ccccc2Cl)CC1. The van der Waals surface area contributed by atoms with Crippen LogP contribution >= 0.6 is 11.6 Å². The predicted molar refractivity (Wildman–Crippen MR) is 126 cm³/mol. The minimum atomic E-state index is 0.424. The van der Waals surface area contributed by atoms with Gasteiger partial charge in [0.2, 0.25) is 5.96 Å². The molecule has 1 fully saturated rings. The summed E-state index contributed by atoms with van der Waals surface area (Å²) in [6.45, 7) is 6.69. The number of para-hydroxylation sites is 1. The second kappa shape index (κ2) is 10.9. The summed E-state index contributed by atoms with van der Waals surface area (Å²) < 4.78 is 11.1. The van der Waals surface area contributed by atoms with Gasteiger partial charge in [-0.3, -0.25) is 10.2 Å². The van der Waals surface area contributed by atoms with Gasteiger partial charge < -0.3 is 19.7 Å². The van der Waals surface area contributed by atoms with Gasteiger partial charge in [-0.05, 0) is 37.2 Å². The Balaban J connectivity index is 1.23. The number of hydrogen-bond acceptors (Lipinski definition) is 6. The maximum Gasteiger partial charge on any atom is 0.209 e. The van der Waals surface area contributed by atoms with Crippen LogP contribution < -0.4 is 25.0 Å². The quantitative estimate of drug-likeness (QED) is 0.228. The van der Waals surface area contributed by atoms with E-state index in [2.05, 4.69) is 31.5 Å². The Morgan fingerprint density at radius 1 is 1.06 bits per heavy atom. The number of aliphatic imine (C=N–C) groups is 1. The van der Waals surface area contributed by atoms with Crippen LogP contribution in [0.2, 0.25) is 5.02 Å². The number of nitriles is 1. The molecule has 0 aliphatic carbocycles. The van der Waals surface area contributed by atoms with Crippen LogP contribution in [-0.2, 0) is 0 Å². The van der Waals surface area contributed by atoms with E-state index in [0.717, 1.165) is 49.9 Å². The molecule has 32 heavy (non-hydrogen) atoms. The molecule has 2 aliphatic heterocycles. The second-order valence-corrected chi connectivity index (χ2v) is 7.99. The van der Waals surface area contributed by atoms with E-state index in [-0.39, 0.29) is 0 Å². The van der Waals surface area contributed by atoms with Gasteiger partial charge in [-0.15, -0.1) is 0 Å². The van der Waals surface area contributed by atoms with Crippen molar-refractivity contribution in [2.45, 2.75) is 6.42 Å². The van der Waals surface area contributed by atoms with Crippen LogP contribution in [0.1, 0.15) is 6.42 Å². The highest BCUT2D eigenvalue weighted by molar-refractivity contribution is 6.33. The van der Waals surface area contributed by atoms with Gasteiger partial charge in [0.05, 0.1) is 16.4 Å². The molecule has 0 aromatic heterocycles. The smallest absolute Gasteiger partial charge is 0.209 e. The van der Waals surface area contributed by atoms with Crippen molar-refractivity contribution in [3.63, 3.8) is 0 Å². The summed E-state index contributed by atoms with van der Waals surface area (Å²) in [6.07, 6.45) is 2.88. The molecule has 0 bridgehead atoms. The molecule has 9 heteroatoms. The van der Waals surface area contributed by atoms with Gasteiger partial charge >= 0.3 is 0 Å². The molecule has 0 saturated carbocycles. The standard InChI is InChI=1S/C23H27ClN6O2/c24-19-4-1-2-5-20(19)30-12-10-29(11-13-30)9-3-8-26-23(27-17-25)28-18-6-7-21-22(16-18)32-15-14-31-21/h1-2,4-7,16H,3,8-15H2,(H2,26,27,28). The van der Waals surface area contributed by atoms with Gasteiger partial charge in [0.15, 0.2) is 17.7 Å². The molecule has 2 aliphatic rings. The molecule has 0 spiro atoms. The summed E-state index contributed by atoms with van der Waals surface area (Å²) in [5.74, 6) is 1.81. The molecule has 2 aromatic rings. The molecule has 2 aromatic carbocycles. The molecule has 2 heterocycles. The minimum absolute atomic E-state index is 0.424. The zero-order chi connectivity index (χ0) is 22.2. The zero-order valence-electron chi connectivity index (χ0n) is 17.9. The lowest BCUT2D eigenvalue weighted by molar-refractivity contribution is 0.171. The molecule has 8 nitrogen and oxygen atoms in total. The number of benzene rings is 2. The van der Waals surface area contributed by atoms with Crippen molar-refractivity contribution in [3.8, 4) is 17.7 Å². The third-order valence-electron chi connectivity index (χ3n) is 5.45. The lowest BCUT2D eigenvalue weighted by Gasteiger charge is -2.36. The van der Waals surface area contributed by atoms with Crippen LogP contribution in [0.4, 0.5) is 11.4 Å². The van der Waals surface area contributed by atoms with E-state index in [1.807, 2.05) is 42.6 Å².